The summed E-state index contributed by atoms with van der Waals surface area (Å²) in [6.45, 7) is 5.04. The van der Waals surface area contributed by atoms with Crippen LogP contribution in [0.15, 0.2) is 0 Å². The van der Waals surface area contributed by atoms with E-state index < -0.39 is 0 Å². The van der Waals surface area contributed by atoms with Crippen molar-refractivity contribution in [2.24, 2.45) is 17.6 Å². The topological polar surface area (TPSA) is 81.1 Å². The van der Waals surface area contributed by atoms with E-state index in [0.29, 0.717) is 11.9 Å². The van der Waals surface area contributed by atoms with Crippen LogP contribution < -0.4 is 16.4 Å². The Kier molecular flexibility index (Phi) is 3.04. The number of aromatic nitrogens is 2. The van der Waals surface area contributed by atoms with Gasteiger partial charge in [0.15, 0.2) is 5.82 Å². The average molecular weight is 303 g/mol. The molecule has 6 heteroatoms. The van der Waals surface area contributed by atoms with Crippen LogP contribution in [0.1, 0.15) is 23.8 Å². The van der Waals surface area contributed by atoms with Gasteiger partial charge in [-0.2, -0.15) is 4.98 Å². The van der Waals surface area contributed by atoms with Crippen molar-refractivity contribution in [3.8, 4) is 0 Å². The lowest BCUT2D eigenvalue weighted by atomic mass is 9.89. The van der Waals surface area contributed by atoms with Gasteiger partial charge in [-0.15, -0.1) is 11.3 Å². The molecule has 1 unspecified atom stereocenters. The molecule has 0 bridgehead atoms. The number of nitrogen functional groups attached to an aromatic ring is 1. The van der Waals surface area contributed by atoms with Crippen LogP contribution >= 0.6 is 11.3 Å². The SMILES string of the molecule is CC1CCc2sc3c(N4CC(CN)C4)nc(N)nc3c2C1. The van der Waals surface area contributed by atoms with Gasteiger partial charge in [-0.3, -0.25) is 0 Å². The molecule has 21 heavy (non-hydrogen) atoms. The number of hydrogen-bond donors (Lipinski definition) is 2. The number of hydrogen-bond acceptors (Lipinski definition) is 6. The number of nitrogens with zero attached hydrogens (tertiary/aromatic N) is 3. The number of rotatable bonds is 2. The van der Waals surface area contributed by atoms with Crippen LogP contribution in [-0.2, 0) is 12.8 Å². The van der Waals surface area contributed by atoms with Crippen LogP contribution in [0.3, 0.4) is 0 Å². The van der Waals surface area contributed by atoms with E-state index >= 15 is 0 Å². The summed E-state index contributed by atoms with van der Waals surface area (Å²) in [6.07, 6.45) is 3.57. The monoisotopic (exact) mass is 303 g/mol. The third kappa shape index (κ3) is 2.08. The van der Waals surface area contributed by atoms with Crippen molar-refractivity contribution in [3.05, 3.63) is 10.4 Å². The predicted molar refractivity (Wildman–Crippen MR) is 87.8 cm³/mol. The van der Waals surface area contributed by atoms with Crippen LogP contribution in [0.2, 0.25) is 0 Å². The molecule has 0 amide bonds. The summed E-state index contributed by atoms with van der Waals surface area (Å²) in [6, 6.07) is 0. The number of fused-ring (bicyclic) bond motifs is 3. The first kappa shape index (κ1) is 13.3. The van der Waals surface area contributed by atoms with E-state index in [1.54, 1.807) is 0 Å². The highest BCUT2D eigenvalue weighted by Gasteiger charge is 2.30. The molecule has 1 fully saturated rings. The van der Waals surface area contributed by atoms with Crippen LogP contribution in [0.4, 0.5) is 11.8 Å². The zero-order chi connectivity index (χ0) is 14.6. The molecule has 4 N–H and O–H groups in total. The Morgan fingerprint density at radius 3 is 2.90 bits per heavy atom. The minimum atomic E-state index is 0.396. The second kappa shape index (κ2) is 4.81. The summed E-state index contributed by atoms with van der Waals surface area (Å²) >= 11 is 1.87. The summed E-state index contributed by atoms with van der Waals surface area (Å²) in [4.78, 5) is 12.8. The Balaban J connectivity index is 1.81. The molecule has 1 aliphatic carbocycles. The Labute approximate surface area is 128 Å². The zero-order valence-corrected chi connectivity index (χ0v) is 13.1. The molecule has 112 valence electrons. The third-order valence-electron chi connectivity index (χ3n) is 4.72. The number of anilines is 2. The Morgan fingerprint density at radius 1 is 1.33 bits per heavy atom. The van der Waals surface area contributed by atoms with Gasteiger partial charge >= 0.3 is 0 Å². The van der Waals surface area contributed by atoms with E-state index in [9.17, 15) is 0 Å². The summed E-state index contributed by atoms with van der Waals surface area (Å²) in [5.74, 6) is 2.74. The fourth-order valence-corrected chi connectivity index (χ4v) is 4.72. The molecule has 0 radical (unpaired) electrons. The van der Waals surface area contributed by atoms with Gasteiger partial charge in [0.1, 0.15) is 0 Å². The predicted octanol–water partition coefficient (Wildman–Crippen LogP) is 1.79. The summed E-state index contributed by atoms with van der Waals surface area (Å²) < 4.78 is 1.22. The second-order valence-electron chi connectivity index (χ2n) is 6.44. The van der Waals surface area contributed by atoms with Gasteiger partial charge in [-0.05, 0) is 37.3 Å². The highest BCUT2D eigenvalue weighted by atomic mass is 32.1. The molecule has 0 aromatic carbocycles. The summed E-state index contributed by atoms with van der Waals surface area (Å²) in [5, 5.41) is 0. The summed E-state index contributed by atoms with van der Waals surface area (Å²) in [7, 11) is 0. The van der Waals surface area contributed by atoms with Gasteiger partial charge in [0.25, 0.3) is 0 Å². The molecule has 1 aliphatic heterocycles. The average Bonchev–Trinajstić information content (AvgIpc) is 2.76. The van der Waals surface area contributed by atoms with Crippen LogP contribution in [-0.4, -0.2) is 29.6 Å². The molecular weight excluding hydrogens is 282 g/mol. The molecule has 1 atom stereocenters. The molecular formula is C15H21N5S. The maximum atomic E-state index is 5.97. The van der Waals surface area contributed by atoms with Gasteiger partial charge in [0.05, 0.1) is 10.2 Å². The Bertz CT molecular complexity index is 689. The lowest BCUT2D eigenvalue weighted by molar-refractivity contribution is 0.418. The third-order valence-corrected chi connectivity index (χ3v) is 6.00. The van der Waals surface area contributed by atoms with Gasteiger partial charge in [0, 0.05) is 23.9 Å². The highest BCUT2D eigenvalue weighted by Crippen LogP contribution is 2.42. The van der Waals surface area contributed by atoms with E-state index in [1.165, 1.54) is 28.0 Å². The van der Waals surface area contributed by atoms with Crippen molar-refractivity contribution < 1.29 is 0 Å². The van der Waals surface area contributed by atoms with E-state index in [0.717, 1.165) is 43.3 Å². The van der Waals surface area contributed by atoms with Crippen LogP contribution in [0.25, 0.3) is 10.2 Å². The van der Waals surface area contributed by atoms with E-state index in [1.807, 2.05) is 11.3 Å². The maximum Gasteiger partial charge on any atom is 0.222 e. The Morgan fingerprint density at radius 2 is 2.14 bits per heavy atom. The molecule has 2 aliphatic rings. The van der Waals surface area contributed by atoms with Crippen LogP contribution in [0, 0.1) is 11.8 Å². The van der Waals surface area contributed by atoms with E-state index in [-0.39, 0.29) is 0 Å². The highest BCUT2D eigenvalue weighted by molar-refractivity contribution is 7.19. The van der Waals surface area contributed by atoms with Crippen molar-refractivity contribution in [1.82, 2.24) is 9.97 Å². The van der Waals surface area contributed by atoms with Crippen molar-refractivity contribution in [2.75, 3.05) is 30.3 Å². The number of nitrogens with two attached hydrogens (primary N) is 2. The largest absolute Gasteiger partial charge is 0.368 e. The fourth-order valence-electron chi connectivity index (χ4n) is 3.42. The standard InChI is InChI=1S/C15H21N5S/c1-8-2-3-11-10(4-8)12-13(21-11)14(19-15(17)18-12)20-6-9(5-16)7-20/h8-9H,2-7,16H2,1H3,(H2,17,18,19). The van der Waals surface area contributed by atoms with Crippen molar-refractivity contribution in [3.63, 3.8) is 0 Å². The van der Waals surface area contributed by atoms with Gasteiger partial charge in [0.2, 0.25) is 5.95 Å². The molecule has 1 saturated heterocycles. The Hall–Kier alpha value is -1.40. The zero-order valence-electron chi connectivity index (χ0n) is 12.3. The molecule has 4 rings (SSSR count). The van der Waals surface area contributed by atoms with E-state index in [2.05, 4.69) is 21.8 Å². The van der Waals surface area contributed by atoms with Crippen molar-refractivity contribution in [1.29, 1.82) is 0 Å². The maximum absolute atomic E-state index is 5.97. The molecule has 0 spiro atoms. The van der Waals surface area contributed by atoms with Crippen molar-refractivity contribution in [2.45, 2.75) is 26.2 Å². The normalized spacial score (nSPS) is 22.4. The fraction of sp³-hybridized carbons (Fsp3) is 0.600. The molecule has 5 nitrogen and oxygen atoms in total. The molecule has 0 saturated carbocycles. The molecule has 2 aromatic heterocycles. The summed E-state index contributed by atoms with van der Waals surface area (Å²) in [5.41, 5.74) is 14.2. The van der Waals surface area contributed by atoms with Gasteiger partial charge in [-0.25, -0.2) is 4.98 Å². The smallest absolute Gasteiger partial charge is 0.222 e. The van der Waals surface area contributed by atoms with Crippen LogP contribution in [0.5, 0.6) is 0 Å². The van der Waals surface area contributed by atoms with Gasteiger partial charge in [-0.1, -0.05) is 6.92 Å². The minimum absolute atomic E-state index is 0.396. The lowest BCUT2D eigenvalue weighted by Crippen LogP contribution is -2.50. The quantitative estimate of drug-likeness (QED) is 0.884. The first-order valence-corrected chi connectivity index (χ1v) is 8.50. The first-order valence-electron chi connectivity index (χ1n) is 7.68. The number of aryl methyl sites for hydroxylation is 1. The lowest BCUT2D eigenvalue weighted by Gasteiger charge is -2.39. The van der Waals surface area contributed by atoms with Gasteiger partial charge < -0.3 is 16.4 Å². The molecule has 3 heterocycles. The first-order chi connectivity index (χ1) is 10.2. The molecule has 2 aromatic rings. The number of thiophene rings is 1. The van der Waals surface area contributed by atoms with E-state index in [4.69, 9.17) is 11.5 Å². The minimum Gasteiger partial charge on any atom is -0.368 e. The van der Waals surface area contributed by atoms with Crippen molar-refractivity contribution >= 4 is 33.3 Å². The second-order valence-corrected chi connectivity index (χ2v) is 7.55.